The second-order valence-electron chi connectivity index (χ2n) is 4.42. The molecule has 1 N–H and O–H groups in total. The molecule has 0 aliphatic heterocycles. The predicted octanol–water partition coefficient (Wildman–Crippen LogP) is 4.50. The molecule has 0 fully saturated rings. The van der Waals surface area contributed by atoms with Crippen molar-refractivity contribution in [1.82, 2.24) is 4.98 Å². The van der Waals surface area contributed by atoms with Crippen LogP contribution in [0.5, 0.6) is 0 Å². The first-order valence-corrected chi connectivity index (χ1v) is 6.51. The van der Waals surface area contributed by atoms with Crippen molar-refractivity contribution in [3.63, 3.8) is 0 Å². The summed E-state index contributed by atoms with van der Waals surface area (Å²) in [6.45, 7) is 0.792. The van der Waals surface area contributed by atoms with Gasteiger partial charge < -0.3 is 5.32 Å². The number of fused-ring (bicyclic) bond motifs is 1. The Kier molecular flexibility index (Phi) is 3.34. The minimum absolute atomic E-state index is 0.753. The molecule has 0 aliphatic carbocycles. The first kappa shape index (κ1) is 12.0. The SMILES string of the molecule is Clc1ccc(NCc2ccc3cnccc3c2)cc1. The van der Waals surface area contributed by atoms with Crippen LogP contribution in [-0.2, 0) is 6.54 Å². The van der Waals surface area contributed by atoms with Crippen LogP contribution in [0.25, 0.3) is 10.8 Å². The van der Waals surface area contributed by atoms with Crippen LogP contribution in [0.3, 0.4) is 0 Å². The molecule has 0 saturated heterocycles. The van der Waals surface area contributed by atoms with Gasteiger partial charge in [0.05, 0.1) is 0 Å². The van der Waals surface area contributed by atoms with Crippen LogP contribution in [0.2, 0.25) is 5.02 Å². The van der Waals surface area contributed by atoms with Crippen molar-refractivity contribution in [3.8, 4) is 0 Å². The van der Waals surface area contributed by atoms with Crippen molar-refractivity contribution < 1.29 is 0 Å². The fraction of sp³-hybridized carbons (Fsp3) is 0.0625. The summed E-state index contributed by atoms with van der Waals surface area (Å²) in [5.41, 5.74) is 2.31. The van der Waals surface area contributed by atoms with Crippen molar-refractivity contribution in [2.45, 2.75) is 6.54 Å². The van der Waals surface area contributed by atoms with Crippen LogP contribution < -0.4 is 5.32 Å². The highest BCUT2D eigenvalue weighted by Gasteiger charge is 1.97. The summed E-state index contributed by atoms with van der Waals surface area (Å²) in [7, 11) is 0. The summed E-state index contributed by atoms with van der Waals surface area (Å²) in [5.74, 6) is 0. The minimum Gasteiger partial charge on any atom is -0.381 e. The van der Waals surface area contributed by atoms with Crippen LogP contribution in [0.4, 0.5) is 5.69 Å². The number of aromatic nitrogens is 1. The van der Waals surface area contributed by atoms with Gasteiger partial charge in [-0.1, -0.05) is 23.7 Å². The van der Waals surface area contributed by atoms with Crippen LogP contribution in [-0.4, -0.2) is 4.98 Å². The Bertz CT molecular complexity index is 692. The Morgan fingerprint density at radius 3 is 2.63 bits per heavy atom. The number of hydrogen-bond acceptors (Lipinski definition) is 2. The van der Waals surface area contributed by atoms with Gasteiger partial charge in [0.2, 0.25) is 0 Å². The lowest BCUT2D eigenvalue weighted by molar-refractivity contribution is 1.15. The van der Waals surface area contributed by atoms with E-state index in [1.54, 1.807) is 0 Å². The van der Waals surface area contributed by atoms with E-state index in [2.05, 4.69) is 28.5 Å². The Morgan fingerprint density at radius 2 is 1.79 bits per heavy atom. The van der Waals surface area contributed by atoms with Crippen LogP contribution >= 0.6 is 11.6 Å². The number of nitrogens with zero attached hydrogens (tertiary/aromatic N) is 1. The molecular formula is C16H13ClN2. The smallest absolute Gasteiger partial charge is 0.0407 e. The van der Waals surface area contributed by atoms with Crippen LogP contribution in [0.15, 0.2) is 60.9 Å². The fourth-order valence-corrected chi connectivity index (χ4v) is 2.14. The van der Waals surface area contributed by atoms with Gasteiger partial charge in [-0.3, -0.25) is 4.98 Å². The van der Waals surface area contributed by atoms with Gasteiger partial charge in [-0.2, -0.15) is 0 Å². The molecule has 2 nitrogen and oxygen atoms in total. The lowest BCUT2D eigenvalue weighted by Gasteiger charge is -2.07. The molecule has 94 valence electrons. The zero-order valence-corrected chi connectivity index (χ0v) is 11.1. The molecule has 1 aromatic heterocycles. The van der Waals surface area contributed by atoms with Crippen molar-refractivity contribution in [2.75, 3.05) is 5.32 Å². The molecule has 3 heteroatoms. The third kappa shape index (κ3) is 2.85. The predicted molar refractivity (Wildman–Crippen MR) is 80.5 cm³/mol. The lowest BCUT2D eigenvalue weighted by atomic mass is 10.1. The third-order valence-electron chi connectivity index (χ3n) is 3.05. The maximum absolute atomic E-state index is 5.86. The summed E-state index contributed by atoms with van der Waals surface area (Å²) < 4.78 is 0. The van der Waals surface area contributed by atoms with Crippen LogP contribution in [0, 0.1) is 0 Å². The van der Waals surface area contributed by atoms with E-state index >= 15 is 0 Å². The lowest BCUT2D eigenvalue weighted by Crippen LogP contribution is -1.98. The van der Waals surface area contributed by atoms with Gasteiger partial charge in [0.25, 0.3) is 0 Å². The molecule has 2 aromatic carbocycles. The molecule has 3 aromatic rings. The molecule has 0 radical (unpaired) electrons. The van der Waals surface area contributed by atoms with E-state index in [9.17, 15) is 0 Å². The Balaban J connectivity index is 1.76. The second kappa shape index (κ2) is 5.29. The molecule has 0 bridgehead atoms. The Hall–Kier alpha value is -2.06. The van der Waals surface area contributed by atoms with Crippen molar-refractivity contribution >= 4 is 28.1 Å². The van der Waals surface area contributed by atoms with Crippen molar-refractivity contribution in [1.29, 1.82) is 0 Å². The maximum Gasteiger partial charge on any atom is 0.0407 e. The first-order chi connectivity index (χ1) is 9.31. The van der Waals surface area contributed by atoms with Gasteiger partial charge >= 0.3 is 0 Å². The number of hydrogen-bond donors (Lipinski definition) is 1. The minimum atomic E-state index is 0.753. The monoisotopic (exact) mass is 268 g/mol. The zero-order chi connectivity index (χ0) is 13.1. The number of rotatable bonds is 3. The summed E-state index contributed by atoms with van der Waals surface area (Å²) >= 11 is 5.86. The summed E-state index contributed by atoms with van der Waals surface area (Å²) in [6.07, 6.45) is 3.70. The number of halogens is 1. The van der Waals surface area contributed by atoms with Gasteiger partial charge in [0.15, 0.2) is 0 Å². The Morgan fingerprint density at radius 1 is 0.947 bits per heavy atom. The van der Waals surface area contributed by atoms with E-state index in [1.165, 1.54) is 10.9 Å². The van der Waals surface area contributed by atoms with Gasteiger partial charge in [0, 0.05) is 35.0 Å². The largest absolute Gasteiger partial charge is 0.381 e. The van der Waals surface area contributed by atoms with Gasteiger partial charge in [0.1, 0.15) is 0 Å². The quantitative estimate of drug-likeness (QED) is 0.756. The molecule has 3 rings (SSSR count). The Labute approximate surface area is 117 Å². The van der Waals surface area contributed by atoms with Gasteiger partial charge in [-0.05, 0) is 47.3 Å². The van der Waals surface area contributed by atoms with E-state index in [0.29, 0.717) is 0 Å². The third-order valence-corrected chi connectivity index (χ3v) is 3.30. The molecule has 0 unspecified atom stereocenters. The van der Waals surface area contributed by atoms with E-state index in [4.69, 9.17) is 11.6 Å². The summed E-state index contributed by atoms with van der Waals surface area (Å²) in [5, 5.41) is 6.51. The van der Waals surface area contributed by atoms with Crippen molar-refractivity contribution in [2.24, 2.45) is 0 Å². The van der Waals surface area contributed by atoms with Gasteiger partial charge in [-0.25, -0.2) is 0 Å². The normalized spacial score (nSPS) is 10.6. The maximum atomic E-state index is 5.86. The van der Waals surface area contributed by atoms with Crippen LogP contribution in [0.1, 0.15) is 5.56 Å². The first-order valence-electron chi connectivity index (χ1n) is 6.13. The van der Waals surface area contributed by atoms with Crippen molar-refractivity contribution in [3.05, 3.63) is 71.5 Å². The van der Waals surface area contributed by atoms with E-state index < -0.39 is 0 Å². The summed E-state index contributed by atoms with van der Waals surface area (Å²) in [6, 6.07) is 16.2. The highest BCUT2D eigenvalue weighted by atomic mass is 35.5. The molecule has 0 saturated carbocycles. The standard InChI is InChI=1S/C16H13ClN2/c17-15-3-5-16(6-4-15)19-10-12-1-2-14-11-18-8-7-13(14)9-12/h1-9,11,19H,10H2. The second-order valence-corrected chi connectivity index (χ2v) is 4.85. The zero-order valence-electron chi connectivity index (χ0n) is 10.3. The highest BCUT2D eigenvalue weighted by molar-refractivity contribution is 6.30. The van der Waals surface area contributed by atoms with Gasteiger partial charge in [-0.15, -0.1) is 0 Å². The van der Waals surface area contributed by atoms with E-state index in [-0.39, 0.29) is 0 Å². The average molecular weight is 269 g/mol. The van der Waals surface area contributed by atoms with E-state index in [1.807, 2.05) is 42.7 Å². The molecule has 0 amide bonds. The number of pyridine rings is 1. The fourth-order valence-electron chi connectivity index (χ4n) is 2.01. The topological polar surface area (TPSA) is 24.9 Å². The molecule has 0 spiro atoms. The summed E-state index contributed by atoms with van der Waals surface area (Å²) in [4.78, 5) is 4.12. The molecule has 0 atom stereocenters. The van der Waals surface area contributed by atoms with E-state index in [0.717, 1.165) is 22.6 Å². The molecular weight excluding hydrogens is 256 g/mol. The molecule has 19 heavy (non-hydrogen) atoms. The number of nitrogens with one attached hydrogen (secondary N) is 1. The molecule has 0 aliphatic rings. The molecule has 1 heterocycles. The highest BCUT2D eigenvalue weighted by Crippen LogP contribution is 2.17. The average Bonchev–Trinajstić information content (AvgIpc) is 2.46. The number of anilines is 1. The number of benzene rings is 2.